The van der Waals surface area contributed by atoms with E-state index in [0.717, 1.165) is 0 Å². The molecule has 154 valence electrons. The van der Waals surface area contributed by atoms with Crippen LogP contribution in [0.4, 0.5) is 10.5 Å². The lowest BCUT2D eigenvalue weighted by molar-refractivity contribution is -0.119. The van der Waals surface area contributed by atoms with Crippen molar-refractivity contribution in [3.05, 3.63) is 29.3 Å². The molecule has 1 aromatic rings. The minimum atomic E-state index is -1.38. The van der Waals surface area contributed by atoms with Crippen molar-refractivity contribution in [3.8, 4) is 0 Å². The van der Waals surface area contributed by atoms with Crippen LogP contribution in [0.2, 0.25) is 0 Å². The Morgan fingerprint density at radius 2 is 1.71 bits per heavy atom. The second kappa shape index (κ2) is 9.64. The van der Waals surface area contributed by atoms with Crippen LogP contribution in [0.1, 0.15) is 41.5 Å². The quantitative estimate of drug-likeness (QED) is 0.175. The summed E-state index contributed by atoms with van der Waals surface area (Å²) in [6, 6.07) is 2.35. The van der Waals surface area contributed by atoms with Gasteiger partial charge in [-0.25, -0.2) is 16.5 Å². The molecular formula is C16H24N6O6. The number of aliphatic hydroxyl groups is 1. The van der Waals surface area contributed by atoms with Crippen LogP contribution in [0.3, 0.4) is 0 Å². The Balaban J connectivity index is 3.07. The van der Waals surface area contributed by atoms with Crippen LogP contribution in [0.5, 0.6) is 0 Å². The van der Waals surface area contributed by atoms with Crippen LogP contribution in [0.25, 0.3) is 0 Å². The third-order valence-electron chi connectivity index (χ3n) is 3.24. The van der Waals surface area contributed by atoms with E-state index in [1.807, 2.05) is 10.9 Å². The lowest BCUT2D eigenvalue weighted by Gasteiger charge is -2.22. The molecule has 0 unspecified atom stereocenters. The fourth-order valence-corrected chi connectivity index (χ4v) is 2.01. The Kier molecular flexibility index (Phi) is 7.86. The van der Waals surface area contributed by atoms with Gasteiger partial charge in [0.1, 0.15) is 11.6 Å². The average Bonchev–Trinajstić information content (AvgIpc) is 2.63. The number of benzene rings is 1. The van der Waals surface area contributed by atoms with Crippen LogP contribution < -0.4 is 33.2 Å². The van der Waals surface area contributed by atoms with Crippen LogP contribution in [-0.2, 0) is 9.53 Å². The summed E-state index contributed by atoms with van der Waals surface area (Å²) in [5.74, 6) is 7.92. The first-order valence-corrected chi connectivity index (χ1v) is 8.09. The molecule has 1 atom stereocenters. The molecule has 0 fully saturated rings. The summed E-state index contributed by atoms with van der Waals surface area (Å²) in [6.45, 7) is 4.15. The van der Waals surface area contributed by atoms with Crippen molar-refractivity contribution in [2.45, 2.75) is 32.4 Å². The Labute approximate surface area is 160 Å². The highest BCUT2D eigenvalue weighted by atomic mass is 16.6. The second-order valence-corrected chi connectivity index (χ2v) is 6.58. The number of nitrogens with two attached hydrogens (primary N) is 2. The SMILES string of the molecule is CC(C)(C)OC(=O)N[C@@H](CO)C(=O)Nc1cc(C(=O)NN)ccc1C(=O)NN. The number of anilines is 1. The molecule has 0 radical (unpaired) electrons. The number of alkyl carbamates (subject to hydrolysis) is 1. The summed E-state index contributed by atoms with van der Waals surface area (Å²) >= 11 is 0. The minimum absolute atomic E-state index is 0.0482. The van der Waals surface area contributed by atoms with E-state index in [1.54, 1.807) is 20.8 Å². The Morgan fingerprint density at radius 3 is 2.21 bits per heavy atom. The molecule has 1 rings (SSSR count). The van der Waals surface area contributed by atoms with E-state index >= 15 is 0 Å². The van der Waals surface area contributed by atoms with E-state index in [9.17, 15) is 24.3 Å². The van der Waals surface area contributed by atoms with Crippen molar-refractivity contribution in [2.75, 3.05) is 11.9 Å². The predicted molar refractivity (Wildman–Crippen MR) is 98.6 cm³/mol. The Hall–Kier alpha value is -3.22. The zero-order valence-electron chi connectivity index (χ0n) is 15.7. The first-order valence-electron chi connectivity index (χ1n) is 8.09. The van der Waals surface area contributed by atoms with Gasteiger partial charge in [0.15, 0.2) is 0 Å². The topological polar surface area (TPSA) is 198 Å². The summed E-state index contributed by atoms with van der Waals surface area (Å²) in [5, 5.41) is 14.0. The maximum atomic E-state index is 12.4. The van der Waals surface area contributed by atoms with E-state index in [1.165, 1.54) is 18.2 Å². The monoisotopic (exact) mass is 396 g/mol. The number of amides is 4. The number of nitrogens with one attached hydrogen (secondary N) is 4. The van der Waals surface area contributed by atoms with Gasteiger partial charge in [-0.05, 0) is 39.0 Å². The standard InChI is InChI=1S/C16H24N6O6/c1-16(2,3)28-15(27)20-11(7-23)14(26)19-10-6-8(12(24)21-17)4-5-9(10)13(25)22-18/h4-6,11,23H,7,17-18H2,1-3H3,(H,19,26)(H,20,27)(H,21,24)(H,22,25)/t11-/m0/s1. The minimum Gasteiger partial charge on any atom is -0.444 e. The molecule has 0 spiro atoms. The van der Waals surface area contributed by atoms with Crippen molar-refractivity contribution < 1.29 is 29.0 Å². The highest BCUT2D eigenvalue weighted by Crippen LogP contribution is 2.18. The second-order valence-electron chi connectivity index (χ2n) is 6.58. The molecular weight excluding hydrogens is 372 g/mol. The lowest BCUT2D eigenvalue weighted by atomic mass is 10.1. The van der Waals surface area contributed by atoms with Gasteiger partial charge in [0.2, 0.25) is 5.91 Å². The highest BCUT2D eigenvalue weighted by Gasteiger charge is 2.25. The number of hydrogen-bond donors (Lipinski definition) is 7. The molecule has 28 heavy (non-hydrogen) atoms. The van der Waals surface area contributed by atoms with Crippen LogP contribution in [0, 0.1) is 0 Å². The normalized spacial score (nSPS) is 11.8. The predicted octanol–water partition coefficient (Wildman–Crippen LogP) is -1.28. The molecule has 9 N–H and O–H groups in total. The number of ether oxygens (including phenoxy) is 1. The van der Waals surface area contributed by atoms with Gasteiger partial charge in [0, 0.05) is 5.56 Å². The summed E-state index contributed by atoms with van der Waals surface area (Å²) in [6.07, 6.45) is -0.919. The number of hydrazine groups is 2. The van der Waals surface area contributed by atoms with Gasteiger partial charge in [-0.2, -0.15) is 0 Å². The van der Waals surface area contributed by atoms with Gasteiger partial charge < -0.3 is 20.5 Å². The van der Waals surface area contributed by atoms with Crippen molar-refractivity contribution in [3.63, 3.8) is 0 Å². The molecule has 0 aliphatic heterocycles. The fourth-order valence-electron chi connectivity index (χ4n) is 2.01. The van der Waals surface area contributed by atoms with Crippen molar-refractivity contribution in [1.82, 2.24) is 16.2 Å². The molecule has 4 amide bonds. The third-order valence-corrected chi connectivity index (χ3v) is 3.24. The third kappa shape index (κ3) is 6.50. The first-order chi connectivity index (χ1) is 13.0. The molecule has 12 heteroatoms. The Bertz CT molecular complexity index is 760. The summed E-state index contributed by atoms with van der Waals surface area (Å²) in [4.78, 5) is 47.8. The van der Waals surface area contributed by atoms with Gasteiger partial charge in [-0.15, -0.1) is 0 Å². The van der Waals surface area contributed by atoms with E-state index in [0.29, 0.717) is 0 Å². The molecule has 0 aromatic heterocycles. The molecule has 1 aromatic carbocycles. The van der Waals surface area contributed by atoms with E-state index < -0.39 is 42.1 Å². The smallest absolute Gasteiger partial charge is 0.408 e. The molecule has 0 saturated heterocycles. The van der Waals surface area contributed by atoms with Gasteiger partial charge in [0.25, 0.3) is 11.8 Å². The van der Waals surface area contributed by atoms with Crippen LogP contribution in [-0.4, -0.2) is 47.2 Å². The highest BCUT2D eigenvalue weighted by molar-refractivity contribution is 6.07. The van der Waals surface area contributed by atoms with Crippen molar-refractivity contribution in [2.24, 2.45) is 11.7 Å². The number of carbonyl (C=O) groups excluding carboxylic acids is 4. The largest absolute Gasteiger partial charge is 0.444 e. The van der Waals surface area contributed by atoms with E-state index in [-0.39, 0.29) is 16.8 Å². The molecule has 0 aliphatic carbocycles. The molecule has 0 aliphatic rings. The zero-order chi connectivity index (χ0) is 21.5. The number of aliphatic hydroxyl groups excluding tert-OH is 1. The summed E-state index contributed by atoms with van der Waals surface area (Å²) < 4.78 is 5.03. The van der Waals surface area contributed by atoms with Crippen LogP contribution in [0.15, 0.2) is 18.2 Å². The van der Waals surface area contributed by atoms with Crippen LogP contribution >= 0.6 is 0 Å². The maximum absolute atomic E-state index is 12.4. The van der Waals surface area contributed by atoms with E-state index in [4.69, 9.17) is 16.4 Å². The molecule has 12 nitrogen and oxygen atoms in total. The molecule has 0 bridgehead atoms. The van der Waals surface area contributed by atoms with Gasteiger partial charge in [0.05, 0.1) is 17.9 Å². The lowest BCUT2D eigenvalue weighted by Crippen LogP contribution is -2.48. The summed E-state index contributed by atoms with van der Waals surface area (Å²) in [7, 11) is 0. The Morgan fingerprint density at radius 1 is 1.11 bits per heavy atom. The number of rotatable bonds is 6. The average molecular weight is 396 g/mol. The maximum Gasteiger partial charge on any atom is 0.408 e. The van der Waals surface area contributed by atoms with Crippen molar-refractivity contribution >= 4 is 29.5 Å². The zero-order valence-corrected chi connectivity index (χ0v) is 15.7. The number of nitrogen functional groups attached to an aromatic ring is 2. The van der Waals surface area contributed by atoms with Gasteiger partial charge in [-0.1, -0.05) is 0 Å². The summed E-state index contributed by atoms with van der Waals surface area (Å²) in [5.41, 5.74) is 2.92. The number of carbonyl (C=O) groups is 4. The van der Waals surface area contributed by atoms with Gasteiger partial charge in [-0.3, -0.25) is 25.2 Å². The van der Waals surface area contributed by atoms with Crippen molar-refractivity contribution in [1.29, 1.82) is 0 Å². The van der Waals surface area contributed by atoms with E-state index in [2.05, 4.69) is 10.6 Å². The number of hydrogen-bond acceptors (Lipinski definition) is 8. The fraction of sp³-hybridized carbons (Fsp3) is 0.375. The first kappa shape index (κ1) is 22.8. The molecule has 0 saturated carbocycles. The van der Waals surface area contributed by atoms with Gasteiger partial charge >= 0.3 is 6.09 Å². The molecule has 0 heterocycles.